The monoisotopic (exact) mass is 218 g/mol. The average Bonchev–Trinajstić information content (AvgIpc) is 2.32. The second-order valence-electron chi connectivity index (χ2n) is 4.49. The number of aliphatic hydroxyl groups excluding tert-OH is 2. The third kappa shape index (κ3) is 2.64. The molecule has 0 spiro atoms. The lowest BCUT2D eigenvalue weighted by atomic mass is 9.82. The van der Waals surface area contributed by atoms with Gasteiger partial charge in [0.25, 0.3) is 0 Å². The summed E-state index contributed by atoms with van der Waals surface area (Å²) in [7, 11) is 0. The van der Waals surface area contributed by atoms with Gasteiger partial charge in [-0.3, -0.25) is 0 Å². The van der Waals surface area contributed by atoms with Gasteiger partial charge in [0.1, 0.15) is 0 Å². The summed E-state index contributed by atoms with van der Waals surface area (Å²) in [5.41, 5.74) is 2.36. The molecule has 16 heavy (non-hydrogen) atoms. The Bertz CT molecular complexity index is 346. The molecule has 2 heteroatoms. The molecule has 2 nitrogen and oxygen atoms in total. The summed E-state index contributed by atoms with van der Waals surface area (Å²) in [4.78, 5) is 0. The van der Waals surface area contributed by atoms with E-state index in [1.54, 1.807) is 6.08 Å². The number of aliphatic hydroxyl groups is 2. The van der Waals surface area contributed by atoms with Crippen molar-refractivity contribution in [3.63, 3.8) is 0 Å². The van der Waals surface area contributed by atoms with Crippen molar-refractivity contribution in [3.8, 4) is 0 Å². The summed E-state index contributed by atoms with van der Waals surface area (Å²) in [5, 5.41) is 18.1. The molecule has 0 amide bonds. The van der Waals surface area contributed by atoms with E-state index in [0.717, 1.165) is 37.5 Å². The lowest BCUT2D eigenvalue weighted by molar-refractivity contribution is 0.122. The van der Waals surface area contributed by atoms with Gasteiger partial charge >= 0.3 is 0 Å². The van der Waals surface area contributed by atoms with Crippen molar-refractivity contribution in [2.24, 2.45) is 0 Å². The fourth-order valence-corrected chi connectivity index (χ4v) is 2.37. The fraction of sp³-hybridized carbons (Fsp3) is 0.429. The molecule has 0 heterocycles. The normalized spacial score (nSPS) is 26.1. The fourth-order valence-electron chi connectivity index (χ4n) is 2.37. The minimum absolute atomic E-state index is 0.0900. The third-order valence-electron chi connectivity index (χ3n) is 3.37. The zero-order chi connectivity index (χ0) is 11.4. The van der Waals surface area contributed by atoms with Gasteiger partial charge in [-0.25, -0.2) is 0 Å². The Labute approximate surface area is 96.2 Å². The minimum atomic E-state index is -0.0900. The van der Waals surface area contributed by atoms with Crippen molar-refractivity contribution in [1.29, 1.82) is 0 Å². The van der Waals surface area contributed by atoms with E-state index in [1.165, 1.54) is 5.56 Å². The van der Waals surface area contributed by atoms with Crippen LogP contribution >= 0.6 is 0 Å². The minimum Gasteiger partial charge on any atom is -0.516 e. The predicted octanol–water partition coefficient (Wildman–Crippen LogP) is 3.23. The highest BCUT2D eigenvalue weighted by molar-refractivity contribution is 5.48. The van der Waals surface area contributed by atoms with E-state index < -0.39 is 0 Å². The molecule has 1 aromatic rings. The lowest BCUT2D eigenvalue weighted by Gasteiger charge is -2.25. The standard InChI is InChI=1S/C14H18O2/c15-10-9-11-1-3-12(4-2-11)13-5-7-14(16)8-6-13/h1-4,9-10,13-16H,5-8H2/b10-9-. The zero-order valence-corrected chi connectivity index (χ0v) is 9.34. The van der Waals surface area contributed by atoms with Crippen LogP contribution in [-0.4, -0.2) is 16.3 Å². The first kappa shape index (κ1) is 11.2. The molecule has 1 fully saturated rings. The van der Waals surface area contributed by atoms with Gasteiger partial charge < -0.3 is 10.2 Å². The van der Waals surface area contributed by atoms with Gasteiger partial charge in [-0.15, -0.1) is 0 Å². The van der Waals surface area contributed by atoms with Gasteiger partial charge in [0.05, 0.1) is 12.4 Å². The quantitative estimate of drug-likeness (QED) is 0.748. The van der Waals surface area contributed by atoms with E-state index in [0.29, 0.717) is 5.92 Å². The van der Waals surface area contributed by atoms with E-state index in [2.05, 4.69) is 12.1 Å². The average molecular weight is 218 g/mol. The number of hydrogen-bond acceptors (Lipinski definition) is 2. The molecule has 0 aromatic heterocycles. The van der Waals surface area contributed by atoms with Crippen LogP contribution < -0.4 is 0 Å². The molecule has 2 N–H and O–H groups in total. The molecule has 1 aromatic carbocycles. The SMILES string of the molecule is O/C=C\c1ccc(C2CCC(O)CC2)cc1. The summed E-state index contributed by atoms with van der Waals surface area (Å²) in [6, 6.07) is 8.29. The third-order valence-corrected chi connectivity index (χ3v) is 3.37. The molecule has 2 rings (SSSR count). The largest absolute Gasteiger partial charge is 0.516 e. The number of rotatable bonds is 2. The zero-order valence-electron chi connectivity index (χ0n) is 9.34. The van der Waals surface area contributed by atoms with E-state index in [9.17, 15) is 5.11 Å². The maximum atomic E-state index is 9.45. The molecule has 1 aliphatic carbocycles. The Kier molecular flexibility index (Phi) is 3.62. The second kappa shape index (κ2) is 5.17. The van der Waals surface area contributed by atoms with Crippen LogP contribution in [0, 0.1) is 0 Å². The summed E-state index contributed by atoms with van der Waals surface area (Å²) >= 11 is 0. The summed E-state index contributed by atoms with van der Waals surface area (Å²) < 4.78 is 0. The van der Waals surface area contributed by atoms with Gasteiger partial charge in [0.2, 0.25) is 0 Å². The highest BCUT2D eigenvalue weighted by Gasteiger charge is 2.20. The van der Waals surface area contributed by atoms with Gasteiger partial charge in [-0.1, -0.05) is 24.3 Å². The predicted molar refractivity (Wildman–Crippen MR) is 65.3 cm³/mol. The molecule has 0 aliphatic heterocycles. The molecule has 0 bridgehead atoms. The van der Waals surface area contributed by atoms with Crippen LogP contribution in [0.2, 0.25) is 0 Å². The van der Waals surface area contributed by atoms with Crippen LogP contribution in [0.4, 0.5) is 0 Å². The van der Waals surface area contributed by atoms with E-state index >= 15 is 0 Å². The maximum absolute atomic E-state index is 9.45. The second-order valence-corrected chi connectivity index (χ2v) is 4.49. The van der Waals surface area contributed by atoms with Crippen molar-refractivity contribution in [2.75, 3.05) is 0 Å². The van der Waals surface area contributed by atoms with Gasteiger partial charge in [-0.2, -0.15) is 0 Å². The van der Waals surface area contributed by atoms with Crippen LogP contribution in [0.15, 0.2) is 30.5 Å². The van der Waals surface area contributed by atoms with Crippen molar-refractivity contribution in [3.05, 3.63) is 41.7 Å². The topological polar surface area (TPSA) is 40.5 Å². The molecular formula is C14H18O2. The smallest absolute Gasteiger partial charge is 0.0797 e. The number of benzene rings is 1. The van der Waals surface area contributed by atoms with Gasteiger partial charge in [0, 0.05) is 0 Å². The van der Waals surface area contributed by atoms with E-state index in [1.807, 2.05) is 12.1 Å². The Morgan fingerprint density at radius 3 is 2.19 bits per heavy atom. The van der Waals surface area contributed by atoms with Crippen molar-refractivity contribution < 1.29 is 10.2 Å². The molecule has 0 saturated heterocycles. The first-order chi connectivity index (χ1) is 7.79. The first-order valence-electron chi connectivity index (χ1n) is 5.88. The van der Waals surface area contributed by atoms with Gasteiger partial charge in [-0.05, 0) is 48.8 Å². The van der Waals surface area contributed by atoms with Crippen LogP contribution in [0.5, 0.6) is 0 Å². The molecule has 0 radical (unpaired) electrons. The van der Waals surface area contributed by atoms with Crippen LogP contribution in [-0.2, 0) is 0 Å². The molecule has 0 atom stereocenters. The highest BCUT2D eigenvalue weighted by Crippen LogP contribution is 2.32. The molecule has 1 aliphatic rings. The Balaban J connectivity index is 2.04. The first-order valence-corrected chi connectivity index (χ1v) is 5.88. The van der Waals surface area contributed by atoms with Crippen LogP contribution in [0.25, 0.3) is 6.08 Å². The van der Waals surface area contributed by atoms with Crippen molar-refractivity contribution in [1.82, 2.24) is 0 Å². The molecule has 0 unspecified atom stereocenters. The number of hydrogen-bond donors (Lipinski definition) is 2. The van der Waals surface area contributed by atoms with Crippen LogP contribution in [0.3, 0.4) is 0 Å². The highest BCUT2D eigenvalue weighted by atomic mass is 16.3. The summed E-state index contributed by atoms with van der Waals surface area (Å²) in [6.45, 7) is 0. The summed E-state index contributed by atoms with van der Waals surface area (Å²) in [5.74, 6) is 0.593. The van der Waals surface area contributed by atoms with Crippen molar-refractivity contribution >= 4 is 6.08 Å². The lowest BCUT2D eigenvalue weighted by Crippen LogP contribution is -2.16. The Morgan fingerprint density at radius 1 is 1.00 bits per heavy atom. The van der Waals surface area contributed by atoms with Crippen LogP contribution in [0.1, 0.15) is 42.7 Å². The van der Waals surface area contributed by atoms with Crippen molar-refractivity contribution in [2.45, 2.75) is 37.7 Å². The molecule has 86 valence electrons. The molecular weight excluding hydrogens is 200 g/mol. The maximum Gasteiger partial charge on any atom is 0.0797 e. The summed E-state index contributed by atoms with van der Waals surface area (Å²) in [6.07, 6.45) is 6.65. The van der Waals surface area contributed by atoms with E-state index in [4.69, 9.17) is 5.11 Å². The van der Waals surface area contributed by atoms with Gasteiger partial charge in [0.15, 0.2) is 0 Å². The molecule has 1 saturated carbocycles. The Morgan fingerprint density at radius 2 is 1.62 bits per heavy atom. The Hall–Kier alpha value is -1.28. The van der Waals surface area contributed by atoms with E-state index in [-0.39, 0.29) is 6.10 Å².